The van der Waals surface area contributed by atoms with Crippen molar-refractivity contribution in [3.05, 3.63) is 216 Å². The van der Waals surface area contributed by atoms with Crippen molar-refractivity contribution in [2.24, 2.45) is 0 Å². The summed E-state index contributed by atoms with van der Waals surface area (Å²) >= 11 is 0. The van der Waals surface area contributed by atoms with Gasteiger partial charge < -0.3 is 18.9 Å². The van der Waals surface area contributed by atoms with Crippen LogP contribution in [-0.2, 0) is 25.1 Å². The predicted molar refractivity (Wildman–Crippen MR) is 256 cm³/mol. The number of ether oxygens (including phenoxy) is 4. The van der Waals surface area contributed by atoms with Crippen molar-refractivity contribution < 1.29 is 35.8 Å². The van der Waals surface area contributed by atoms with Gasteiger partial charge in [-0.25, -0.2) is 16.8 Å². The van der Waals surface area contributed by atoms with Gasteiger partial charge in [0.2, 0.25) is 19.7 Å². The minimum Gasteiger partial charge on any atom is -0.497 e. The number of aryl methyl sites for hydroxylation is 2. The van der Waals surface area contributed by atoms with Crippen LogP contribution >= 0.6 is 0 Å². The van der Waals surface area contributed by atoms with Crippen LogP contribution in [0.5, 0.6) is 34.5 Å². The first-order valence-corrected chi connectivity index (χ1v) is 23.8. The number of hydrogen-bond donors (Lipinski definition) is 0. The maximum Gasteiger partial charge on any atom is 0.206 e. The van der Waals surface area contributed by atoms with Crippen LogP contribution in [0.3, 0.4) is 0 Å². The minimum absolute atomic E-state index is 0.184. The van der Waals surface area contributed by atoms with Gasteiger partial charge in [-0.05, 0) is 157 Å². The Morgan fingerprint density at radius 2 is 0.554 bits per heavy atom. The summed E-state index contributed by atoms with van der Waals surface area (Å²) in [6.07, 6.45) is 0. The average Bonchev–Trinajstić information content (AvgIpc) is 3.33. The third-order valence-electron chi connectivity index (χ3n) is 11.1. The largest absolute Gasteiger partial charge is 0.497 e. The molecule has 8 rings (SSSR count). The van der Waals surface area contributed by atoms with Crippen molar-refractivity contribution in [1.29, 1.82) is 0 Å². The highest BCUT2D eigenvalue weighted by molar-refractivity contribution is 7.91. The van der Waals surface area contributed by atoms with Crippen LogP contribution in [0.25, 0.3) is 11.1 Å². The Balaban J connectivity index is 0.000000195. The molecule has 0 spiro atoms. The summed E-state index contributed by atoms with van der Waals surface area (Å²) < 4.78 is 73.6. The molecule has 330 valence electrons. The fraction of sp³-hybridized carbons (Fsp3) is 0.127. The molecule has 0 unspecified atom stereocenters. The molecule has 8 aromatic carbocycles. The molecule has 0 saturated heterocycles. The van der Waals surface area contributed by atoms with Crippen LogP contribution in [0.15, 0.2) is 214 Å². The van der Waals surface area contributed by atoms with Gasteiger partial charge in [0.15, 0.2) is 0 Å². The minimum atomic E-state index is -3.56. The molecule has 0 atom stereocenters. The molecular formula is C55H50O8S2. The standard InChI is InChI=1S/C29H28O4S.C26H22O4S/c1-21-5-17-27(18-6-21)34(30,31)28-19-15-26(16-20-28)33-25-13-9-23(10-14-25)29(2,3)22-7-11-24(32-4)12-8-22;1-19-3-15-25(16-4-19)31(27,28)26-17-13-24(14-18-26)30-23-11-7-21(8-12-23)20-5-9-22(29-2)10-6-20/h5-20H,1-4H3;3-18H,1-2H3. The zero-order valence-corrected chi connectivity index (χ0v) is 38.7. The zero-order valence-electron chi connectivity index (χ0n) is 37.1. The van der Waals surface area contributed by atoms with Crippen molar-refractivity contribution in [2.45, 2.75) is 52.7 Å². The van der Waals surface area contributed by atoms with E-state index in [-0.39, 0.29) is 25.0 Å². The lowest BCUT2D eigenvalue weighted by Gasteiger charge is -2.26. The van der Waals surface area contributed by atoms with Crippen LogP contribution in [0.4, 0.5) is 0 Å². The molecule has 0 saturated carbocycles. The van der Waals surface area contributed by atoms with Crippen molar-refractivity contribution in [3.8, 4) is 45.6 Å². The molecule has 0 aliphatic rings. The van der Waals surface area contributed by atoms with E-state index in [0.29, 0.717) is 23.0 Å². The van der Waals surface area contributed by atoms with E-state index >= 15 is 0 Å². The van der Waals surface area contributed by atoms with E-state index in [0.717, 1.165) is 39.3 Å². The Kier molecular flexibility index (Phi) is 13.9. The van der Waals surface area contributed by atoms with Crippen LogP contribution in [-0.4, -0.2) is 31.1 Å². The fourth-order valence-electron chi connectivity index (χ4n) is 6.97. The van der Waals surface area contributed by atoms with Crippen molar-refractivity contribution >= 4 is 19.7 Å². The Labute approximate surface area is 382 Å². The second-order valence-corrected chi connectivity index (χ2v) is 19.8. The number of hydrogen-bond acceptors (Lipinski definition) is 8. The lowest BCUT2D eigenvalue weighted by Crippen LogP contribution is -2.18. The highest BCUT2D eigenvalue weighted by Gasteiger charge is 2.24. The molecule has 0 aromatic heterocycles. The summed E-state index contributed by atoms with van der Waals surface area (Å²) in [5.41, 5.74) is 6.34. The molecule has 0 fully saturated rings. The molecule has 0 N–H and O–H groups in total. The van der Waals surface area contributed by atoms with E-state index < -0.39 is 19.7 Å². The SMILES string of the molecule is COc1ccc(-c2ccc(Oc3ccc(S(=O)(=O)c4ccc(C)cc4)cc3)cc2)cc1.COc1ccc(C(C)(C)c2ccc(Oc3ccc(S(=O)(=O)c4ccc(C)cc4)cc3)cc2)cc1. The Bertz CT molecular complexity index is 3040. The Morgan fingerprint density at radius 3 is 0.846 bits per heavy atom. The molecule has 0 aliphatic carbocycles. The zero-order chi connectivity index (χ0) is 46.2. The van der Waals surface area contributed by atoms with Gasteiger partial charge >= 0.3 is 0 Å². The number of methoxy groups -OCH3 is 2. The van der Waals surface area contributed by atoms with E-state index in [1.54, 1.807) is 111 Å². The normalized spacial score (nSPS) is 11.5. The fourth-order valence-corrected chi connectivity index (χ4v) is 9.49. The Morgan fingerprint density at radius 1 is 0.323 bits per heavy atom. The average molecular weight is 903 g/mol. The number of rotatable bonds is 13. The molecule has 65 heavy (non-hydrogen) atoms. The van der Waals surface area contributed by atoms with Crippen molar-refractivity contribution in [3.63, 3.8) is 0 Å². The van der Waals surface area contributed by atoms with Crippen LogP contribution in [0.2, 0.25) is 0 Å². The summed E-state index contributed by atoms with van der Waals surface area (Å²) in [6.45, 7) is 8.21. The lowest BCUT2D eigenvalue weighted by molar-refractivity contribution is 0.414. The monoisotopic (exact) mass is 902 g/mol. The van der Waals surface area contributed by atoms with E-state index in [4.69, 9.17) is 18.9 Å². The Hall–Kier alpha value is -7.14. The van der Waals surface area contributed by atoms with E-state index in [2.05, 4.69) is 38.1 Å². The van der Waals surface area contributed by atoms with Gasteiger partial charge in [0, 0.05) is 5.41 Å². The topological polar surface area (TPSA) is 105 Å². The van der Waals surface area contributed by atoms with Crippen LogP contribution < -0.4 is 18.9 Å². The second kappa shape index (κ2) is 19.7. The van der Waals surface area contributed by atoms with Gasteiger partial charge in [0.25, 0.3) is 0 Å². The van der Waals surface area contributed by atoms with Gasteiger partial charge in [0.05, 0.1) is 33.8 Å². The second-order valence-electron chi connectivity index (χ2n) is 15.9. The van der Waals surface area contributed by atoms with Crippen LogP contribution in [0.1, 0.15) is 36.1 Å². The number of sulfone groups is 2. The molecule has 8 aromatic rings. The van der Waals surface area contributed by atoms with Crippen LogP contribution in [0, 0.1) is 13.8 Å². The molecular weight excluding hydrogens is 853 g/mol. The third kappa shape index (κ3) is 11.0. The molecule has 0 amide bonds. The maximum atomic E-state index is 12.9. The van der Waals surface area contributed by atoms with Gasteiger partial charge in [-0.1, -0.05) is 97.8 Å². The third-order valence-corrected chi connectivity index (χ3v) is 14.6. The van der Waals surface area contributed by atoms with Gasteiger partial charge in [-0.15, -0.1) is 0 Å². The smallest absolute Gasteiger partial charge is 0.206 e. The molecule has 0 bridgehead atoms. The quantitative estimate of drug-likeness (QED) is 0.113. The maximum absolute atomic E-state index is 12.9. The first-order valence-electron chi connectivity index (χ1n) is 20.8. The molecule has 0 aliphatic heterocycles. The highest BCUT2D eigenvalue weighted by atomic mass is 32.2. The van der Waals surface area contributed by atoms with Crippen molar-refractivity contribution in [2.75, 3.05) is 14.2 Å². The highest BCUT2D eigenvalue weighted by Crippen LogP contribution is 2.35. The first kappa shape index (κ1) is 45.9. The summed E-state index contributed by atoms with van der Waals surface area (Å²) in [4.78, 5) is 1.03. The van der Waals surface area contributed by atoms with Gasteiger partial charge in [0.1, 0.15) is 34.5 Å². The summed E-state index contributed by atoms with van der Waals surface area (Å²) in [5, 5.41) is 0. The summed E-state index contributed by atoms with van der Waals surface area (Å²) in [7, 11) is -3.81. The molecule has 0 heterocycles. The molecule has 10 heteroatoms. The van der Waals surface area contributed by atoms with E-state index in [9.17, 15) is 16.8 Å². The summed E-state index contributed by atoms with van der Waals surface area (Å²) in [6, 6.07) is 58.3. The van der Waals surface area contributed by atoms with Gasteiger partial charge in [-0.3, -0.25) is 0 Å². The molecule has 8 nitrogen and oxygen atoms in total. The van der Waals surface area contributed by atoms with Crippen molar-refractivity contribution in [1.82, 2.24) is 0 Å². The molecule has 0 radical (unpaired) electrons. The van der Waals surface area contributed by atoms with E-state index in [1.807, 2.05) is 86.6 Å². The van der Waals surface area contributed by atoms with E-state index in [1.165, 1.54) is 5.56 Å². The van der Waals surface area contributed by atoms with Gasteiger partial charge in [-0.2, -0.15) is 0 Å². The predicted octanol–water partition coefficient (Wildman–Crippen LogP) is 13.3. The number of benzene rings is 8. The summed E-state index contributed by atoms with van der Waals surface area (Å²) in [5.74, 6) is 4.15. The first-order chi connectivity index (χ1) is 31.1. The lowest BCUT2D eigenvalue weighted by atomic mass is 9.78.